The summed E-state index contributed by atoms with van der Waals surface area (Å²) in [5.41, 5.74) is 10.2. The van der Waals surface area contributed by atoms with Gasteiger partial charge in [0, 0.05) is 55.1 Å². The normalized spacial score (nSPS) is 12.5. The van der Waals surface area contributed by atoms with E-state index < -0.39 is 0 Å². The number of nitrogens with zero attached hydrogens (tertiary/aromatic N) is 3. The van der Waals surface area contributed by atoms with Gasteiger partial charge in [-0.25, -0.2) is 4.98 Å². The highest BCUT2D eigenvalue weighted by Crippen LogP contribution is 2.28. The third-order valence-corrected chi connectivity index (χ3v) is 8.01. The molecule has 0 spiro atoms. The first-order valence-corrected chi connectivity index (χ1v) is 14.5. The highest BCUT2D eigenvalue weighted by atomic mass is 32.1. The molecule has 2 aromatic heterocycles. The van der Waals surface area contributed by atoms with Gasteiger partial charge in [-0.05, 0) is 29.1 Å². The van der Waals surface area contributed by atoms with Gasteiger partial charge in [-0.1, -0.05) is 60.7 Å². The second kappa shape index (κ2) is 13.7. The summed E-state index contributed by atoms with van der Waals surface area (Å²) in [7, 11) is 1.94. The van der Waals surface area contributed by atoms with Crippen LogP contribution in [0.4, 0.5) is 16.5 Å². The van der Waals surface area contributed by atoms with E-state index in [2.05, 4.69) is 61.2 Å². The minimum Gasteiger partial charge on any atom is -0.397 e. The molecule has 6 rings (SSSR count). The Balaban J connectivity index is 0.000000175. The van der Waals surface area contributed by atoms with Crippen LogP contribution in [0.5, 0.6) is 0 Å². The third kappa shape index (κ3) is 7.09. The van der Waals surface area contributed by atoms with E-state index in [9.17, 15) is 9.59 Å². The number of aromatic nitrogens is 2. The molecule has 0 bridgehead atoms. The zero-order valence-electron chi connectivity index (χ0n) is 23.3. The molecule has 3 heterocycles. The number of anilines is 3. The zero-order chi connectivity index (χ0) is 29.3. The van der Waals surface area contributed by atoms with E-state index in [1.54, 1.807) is 41.8 Å². The van der Waals surface area contributed by atoms with E-state index in [0.717, 1.165) is 42.0 Å². The van der Waals surface area contributed by atoms with Crippen LogP contribution in [0.3, 0.4) is 0 Å². The Labute approximate surface area is 248 Å². The fourth-order valence-electron chi connectivity index (χ4n) is 4.73. The Morgan fingerprint density at radius 2 is 1.83 bits per heavy atom. The molecule has 10 heteroatoms. The predicted molar refractivity (Wildman–Crippen MR) is 170 cm³/mol. The van der Waals surface area contributed by atoms with E-state index in [4.69, 9.17) is 5.73 Å². The van der Waals surface area contributed by atoms with Crippen LogP contribution in [0.25, 0.3) is 10.8 Å². The third-order valence-electron chi connectivity index (χ3n) is 6.91. The van der Waals surface area contributed by atoms with Crippen LogP contribution in [-0.4, -0.2) is 47.3 Å². The summed E-state index contributed by atoms with van der Waals surface area (Å²) in [4.78, 5) is 35.9. The topological polar surface area (TPSA) is 125 Å². The Morgan fingerprint density at radius 1 is 1.05 bits per heavy atom. The fraction of sp³-hybridized carbons (Fsp3) is 0.188. The molecule has 0 saturated carbocycles. The van der Waals surface area contributed by atoms with E-state index >= 15 is 0 Å². The summed E-state index contributed by atoms with van der Waals surface area (Å²) < 4.78 is 0. The molecule has 214 valence electrons. The van der Waals surface area contributed by atoms with Gasteiger partial charge < -0.3 is 21.7 Å². The molecule has 5 N–H and O–H groups in total. The second-order valence-electron chi connectivity index (χ2n) is 9.79. The number of benzene rings is 3. The standard InChI is InChI=1S/C18H16N4O2.C14H17N3S/c19-15-7-3-6-14(10-23)17(15)21-11-22-18(24)16-8-12-4-1-2-5-13(12)9-20-16;1-15-14-16-12-7-8-17(10-13(12)18-14)9-11-5-3-2-4-6-11/h1-10,21H,11,19H2,(H,22,24);2-6H,7-10H2,1H3,(H,15,16). The fourth-order valence-corrected chi connectivity index (χ4v) is 5.74. The summed E-state index contributed by atoms with van der Waals surface area (Å²) in [6.45, 7) is 3.30. The highest BCUT2D eigenvalue weighted by Gasteiger charge is 2.20. The molecule has 1 aliphatic heterocycles. The molecule has 0 radical (unpaired) electrons. The highest BCUT2D eigenvalue weighted by molar-refractivity contribution is 7.15. The van der Waals surface area contributed by atoms with Crippen molar-refractivity contribution in [2.45, 2.75) is 19.5 Å². The number of nitrogens with two attached hydrogens (primary N) is 1. The monoisotopic (exact) mass is 579 g/mol. The molecule has 0 unspecified atom stereocenters. The Morgan fingerprint density at radius 3 is 2.62 bits per heavy atom. The van der Waals surface area contributed by atoms with Crippen molar-refractivity contribution in [3.63, 3.8) is 0 Å². The number of hydrogen-bond acceptors (Lipinski definition) is 9. The van der Waals surface area contributed by atoms with Crippen LogP contribution in [0.15, 0.2) is 85.1 Å². The second-order valence-corrected chi connectivity index (χ2v) is 10.9. The molecule has 0 fully saturated rings. The van der Waals surface area contributed by atoms with Crippen LogP contribution in [0.2, 0.25) is 0 Å². The maximum Gasteiger partial charge on any atom is 0.271 e. The van der Waals surface area contributed by atoms with Crippen molar-refractivity contribution in [1.82, 2.24) is 20.2 Å². The van der Waals surface area contributed by atoms with Crippen molar-refractivity contribution >= 4 is 50.8 Å². The van der Waals surface area contributed by atoms with Gasteiger partial charge in [-0.3, -0.25) is 19.5 Å². The van der Waals surface area contributed by atoms with Crippen LogP contribution in [-0.2, 0) is 19.5 Å². The first-order valence-electron chi connectivity index (χ1n) is 13.7. The van der Waals surface area contributed by atoms with Gasteiger partial charge in [0.2, 0.25) is 0 Å². The summed E-state index contributed by atoms with van der Waals surface area (Å²) in [6.07, 6.45) is 3.45. The maximum absolute atomic E-state index is 12.2. The summed E-state index contributed by atoms with van der Waals surface area (Å²) in [6, 6.07) is 25.1. The Hall–Kier alpha value is -4.80. The van der Waals surface area contributed by atoms with Crippen LogP contribution >= 0.6 is 11.3 Å². The first kappa shape index (κ1) is 28.7. The SMILES string of the molecule is CNc1nc2c(s1)CN(Cc1ccccc1)CC2.Nc1cccc(C=O)c1NCNC(=O)c1cc2ccccc2cn1. The van der Waals surface area contributed by atoms with Gasteiger partial charge in [0.25, 0.3) is 5.91 Å². The van der Waals surface area contributed by atoms with Crippen LogP contribution in [0.1, 0.15) is 37.0 Å². The number of nitrogen functional groups attached to an aromatic ring is 1. The quantitative estimate of drug-likeness (QED) is 0.113. The molecule has 0 aliphatic carbocycles. The number of fused-ring (bicyclic) bond motifs is 2. The van der Waals surface area contributed by atoms with Crippen LogP contribution in [0, 0.1) is 0 Å². The van der Waals surface area contributed by atoms with Gasteiger partial charge in [0.1, 0.15) is 5.69 Å². The lowest BCUT2D eigenvalue weighted by Crippen LogP contribution is -2.30. The van der Waals surface area contributed by atoms with Crippen molar-refractivity contribution < 1.29 is 9.59 Å². The molecule has 0 atom stereocenters. The number of amides is 1. The van der Waals surface area contributed by atoms with E-state index in [1.165, 1.54) is 16.1 Å². The van der Waals surface area contributed by atoms with Crippen molar-refractivity contribution in [3.05, 3.63) is 112 Å². The number of hydrogen-bond donors (Lipinski definition) is 4. The lowest BCUT2D eigenvalue weighted by Gasteiger charge is -2.25. The minimum absolute atomic E-state index is 0.127. The molecule has 1 aliphatic rings. The number of pyridine rings is 1. The van der Waals surface area contributed by atoms with E-state index in [0.29, 0.717) is 28.9 Å². The molecule has 0 saturated heterocycles. The van der Waals surface area contributed by atoms with Crippen molar-refractivity contribution in [1.29, 1.82) is 0 Å². The van der Waals surface area contributed by atoms with Gasteiger partial charge in [0.05, 0.1) is 23.7 Å². The largest absolute Gasteiger partial charge is 0.397 e. The summed E-state index contributed by atoms with van der Waals surface area (Å²) in [5, 5.41) is 11.8. The lowest BCUT2D eigenvalue weighted by atomic mass is 10.1. The summed E-state index contributed by atoms with van der Waals surface area (Å²) >= 11 is 1.79. The number of para-hydroxylation sites is 1. The molecule has 9 nitrogen and oxygen atoms in total. The number of aldehydes is 1. The molecule has 5 aromatic rings. The maximum atomic E-state index is 12.2. The minimum atomic E-state index is -0.310. The van der Waals surface area contributed by atoms with Crippen molar-refractivity contribution in [2.75, 3.05) is 36.6 Å². The number of thiazole rings is 1. The van der Waals surface area contributed by atoms with Gasteiger partial charge in [-0.2, -0.15) is 0 Å². The predicted octanol–water partition coefficient (Wildman–Crippen LogP) is 5.17. The zero-order valence-corrected chi connectivity index (χ0v) is 24.2. The smallest absolute Gasteiger partial charge is 0.271 e. The molecule has 1 amide bonds. The van der Waals surface area contributed by atoms with Crippen molar-refractivity contribution in [3.8, 4) is 0 Å². The number of nitrogens with one attached hydrogen (secondary N) is 3. The molecule has 3 aromatic carbocycles. The molecule has 42 heavy (non-hydrogen) atoms. The number of carbonyl (C=O) groups is 2. The van der Waals surface area contributed by atoms with E-state index in [-0.39, 0.29) is 12.6 Å². The van der Waals surface area contributed by atoms with Gasteiger partial charge >= 0.3 is 0 Å². The average molecular weight is 580 g/mol. The van der Waals surface area contributed by atoms with E-state index in [1.807, 2.05) is 31.3 Å². The average Bonchev–Trinajstić information content (AvgIpc) is 3.45. The first-order chi connectivity index (χ1) is 20.5. The number of rotatable bonds is 8. The van der Waals surface area contributed by atoms with Gasteiger partial charge in [-0.15, -0.1) is 11.3 Å². The Kier molecular flexibility index (Phi) is 9.37. The number of carbonyl (C=O) groups excluding carboxylic acids is 2. The lowest BCUT2D eigenvalue weighted by molar-refractivity contribution is 0.0951. The van der Waals surface area contributed by atoms with Crippen molar-refractivity contribution in [2.24, 2.45) is 0 Å². The molecular formula is C32H33N7O2S. The van der Waals surface area contributed by atoms with Gasteiger partial charge in [0.15, 0.2) is 11.4 Å². The Bertz CT molecular complexity index is 1670. The summed E-state index contributed by atoms with van der Waals surface area (Å²) in [5.74, 6) is -0.310. The molecular weight excluding hydrogens is 546 g/mol. The van der Waals surface area contributed by atoms with Crippen LogP contribution < -0.4 is 21.7 Å².